The van der Waals surface area contributed by atoms with E-state index in [0.717, 1.165) is 12.1 Å². The molecule has 0 aromatic heterocycles. The Kier molecular flexibility index (Phi) is 4.09. The normalized spacial score (nSPS) is 10.2. The summed E-state index contributed by atoms with van der Waals surface area (Å²) < 4.78 is 39.4. The van der Waals surface area contributed by atoms with E-state index in [0.29, 0.717) is 0 Å². The van der Waals surface area contributed by atoms with Crippen molar-refractivity contribution in [1.29, 1.82) is 0 Å². The topological polar surface area (TPSA) is 44.3 Å². The third-order valence-corrected chi connectivity index (χ3v) is 2.64. The van der Waals surface area contributed by atoms with E-state index in [9.17, 15) is 18.3 Å². The Morgan fingerprint density at radius 1 is 0.900 bits per heavy atom. The number of nitrogens with one attached hydrogen (secondary N) is 2. The van der Waals surface area contributed by atoms with Gasteiger partial charge in [0.2, 0.25) is 5.82 Å². The van der Waals surface area contributed by atoms with Gasteiger partial charge in [0, 0.05) is 0 Å². The number of aromatic hydroxyl groups is 1. The van der Waals surface area contributed by atoms with Crippen molar-refractivity contribution in [3.63, 3.8) is 0 Å². The minimum atomic E-state index is -1.39. The fraction of sp³-hybridized carbons (Fsp3) is 0. The Morgan fingerprint density at radius 3 is 2.25 bits per heavy atom. The summed E-state index contributed by atoms with van der Waals surface area (Å²) in [6.07, 6.45) is 0. The first-order chi connectivity index (χ1) is 9.49. The number of para-hydroxylation sites is 1. The summed E-state index contributed by atoms with van der Waals surface area (Å²) in [4.78, 5) is 0. The maximum atomic E-state index is 13.4. The van der Waals surface area contributed by atoms with E-state index in [4.69, 9.17) is 12.2 Å². The van der Waals surface area contributed by atoms with Crippen LogP contribution < -0.4 is 10.6 Å². The molecular formula is C13H9F3N2OS. The van der Waals surface area contributed by atoms with Crippen molar-refractivity contribution in [2.24, 2.45) is 0 Å². The zero-order valence-corrected chi connectivity index (χ0v) is 10.8. The minimum absolute atomic E-state index is 0.0728. The fourth-order valence-electron chi connectivity index (χ4n) is 1.48. The Bertz CT molecular complexity index is 664. The molecule has 0 aliphatic rings. The maximum absolute atomic E-state index is 13.4. The first kappa shape index (κ1) is 14.1. The standard InChI is InChI=1S/C13H9F3N2OS/c14-7-3-1-2-4-9(7)17-13(20)18-10-6-5-8(15)11(16)12(10)19/h1-6,19H,(H2,17,18,20). The van der Waals surface area contributed by atoms with Crippen LogP contribution in [0.2, 0.25) is 0 Å². The van der Waals surface area contributed by atoms with E-state index in [1.165, 1.54) is 18.2 Å². The second kappa shape index (κ2) is 5.79. The number of benzene rings is 2. The molecule has 2 aromatic rings. The quantitative estimate of drug-likeness (QED) is 0.585. The van der Waals surface area contributed by atoms with Crippen molar-refractivity contribution < 1.29 is 18.3 Å². The Balaban J connectivity index is 2.13. The Morgan fingerprint density at radius 2 is 1.55 bits per heavy atom. The molecule has 2 rings (SSSR count). The van der Waals surface area contributed by atoms with Gasteiger partial charge in [0.15, 0.2) is 16.7 Å². The fourth-order valence-corrected chi connectivity index (χ4v) is 1.70. The van der Waals surface area contributed by atoms with Crippen LogP contribution >= 0.6 is 12.2 Å². The molecule has 0 aliphatic carbocycles. The smallest absolute Gasteiger partial charge is 0.202 e. The highest BCUT2D eigenvalue weighted by molar-refractivity contribution is 7.80. The number of phenols is 1. The molecule has 0 unspecified atom stereocenters. The highest BCUT2D eigenvalue weighted by Gasteiger charge is 2.13. The molecule has 0 spiro atoms. The number of thiocarbonyl (C=S) groups is 1. The van der Waals surface area contributed by atoms with Gasteiger partial charge >= 0.3 is 0 Å². The van der Waals surface area contributed by atoms with Crippen LogP contribution in [0, 0.1) is 17.5 Å². The van der Waals surface area contributed by atoms with Gasteiger partial charge in [0.05, 0.1) is 11.4 Å². The molecule has 3 nitrogen and oxygen atoms in total. The van der Waals surface area contributed by atoms with Crippen LogP contribution in [0.15, 0.2) is 36.4 Å². The first-order valence-electron chi connectivity index (χ1n) is 5.48. The number of halogens is 3. The molecule has 2 aromatic carbocycles. The molecule has 0 atom stereocenters. The van der Waals surface area contributed by atoms with Gasteiger partial charge in [-0.25, -0.2) is 8.78 Å². The Labute approximate surface area is 118 Å². The zero-order valence-electron chi connectivity index (χ0n) is 9.95. The number of rotatable bonds is 2. The molecule has 0 aliphatic heterocycles. The van der Waals surface area contributed by atoms with Crippen molar-refractivity contribution in [1.82, 2.24) is 0 Å². The van der Waals surface area contributed by atoms with Gasteiger partial charge in [-0.05, 0) is 36.5 Å². The van der Waals surface area contributed by atoms with Crippen molar-refractivity contribution in [3.05, 3.63) is 53.8 Å². The number of hydrogen-bond donors (Lipinski definition) is 3. The van der Waals surface area contributed by atoms with Crippen LogP contribution in [-0.2, 0) is 0 Å². The Hall–Kier alpha value is -2.28. The third kappa shape index (κ3) is 3.00. The predicted octanol–water partition coefficient (Wildman–Crippen LogP) is 3.62. The summed E-state index contributed by atoms with van der Waals surface area (Å²) in [5.74, 6) is -3.99. The lowest BCUT2D eigenvalue weighted by atomic mass is 10.2. The summed E-state index contributed by atoms with van der Waals surface area (Å²) in [6, 6.07) is 7.75. The van der Waals surface area contributed by atoms with E-state index in [1.54, 1.807) is 6.07 Å². The van der Waals surface area contributed by atoms with Gasteiger partial charge in [0.1, 0.15) is 5.82 Å². The van der Waals surface area contributed by atoms with Crippen molar-refractivity contribution in [2.75, 3.05) is 10.6 Å². The van der Waals surface area contributed by atoms with E-state index in [-0.39, 0.29) is 16.5 Å². The lowest BCUT2D eigenvalue weighted by Gasteiger charge is -2.12. The average Bonchev–Trinajstić information content (AvgIpc) is 2.42. The van der Waals surface area contributed by atoms with Crippen molar-refractivity contribution in [2.45, 2.75) is 0 Å². The summed E-state index contributed by atoms with van der Waals surface area (Å²) in [6.45, 7) is 0. The molecular weight excluding hydrogens is 289 g/mol. The largest absolute Gasteiger partial charge is 0.503 e. The average molecular weight is 298 g/mol. The molecule has 0 saturated heterocycles. The van der Waals surface area contributed by atoms with Gasteiger partial charge < -0.3 is 15.7 Å². The van der Waals surface area contributed by atoms with E-state index in [2.05, 4.69) is 10.6 Å². The number of phenolic OH excluding ortho intramolecular Hbond substituents is 1. The molecule has 104 valence electrons. The lowest BCUT2D eigenvalue weighted by Crippen LogP contribution is -2.20. The zero-order chi connectivity index (χ0) is 14.7. The second-order valence-electron chi connectivity index (χ2n) is 3.82. The van der Waals surface area contributed by atoms with Crippen LogP contribution in [0.25, 0.3) is 0 Å². The molecule has 0 radical (unpaired) electrons. The third-order valence-electron chi connectivity index (χ3n) is 2.44. The van der Waals surface area contributed by atoms with Gasteiger partial charge in [-0.2, -0.15) is 4.39 Å². The molecule has 0 amide bonds. The highest BCUT2D eigenvalue weighted by Crippen LogP contribution is 2.28. The molecule has 7 heteroatoms. The lowest BCUT2D eigenvalue weighted by molar-refractivity contribution is 0.409. The molecule has 3 N–H and O–H groups in total. The molecule has 20 heavy (non-hydrogen) atoms. The number of anilines is 2. The minimum Gasteiger partial charge on any atom is -0.503 e. The van der Waals surface area contributed by atoms with Crippen LogP contribution in [0.3, 0.4) is 0 Å². The predicted molar refractivity (Wildman–Crippen MR) is 74.3 cm³/mol. The van der Waals surface area contributed by atoms with Gasteiger partial charge in [-0.3, -0.25) is 0 Å². The van der Waals surface area contributed by atoms with E-state index < -0.39 is 23.2 Å². The molecule has 0 bridgehead atoms. The van der Waals surface area contributed by atoms with Crippen LogP contribution in [0.1, 0.15) is 0 Å². The first-order valence-corrected chi connectivity index (χ1v) is 5.89. The second-order valence-corrected chi connectivity index (χ2v) is 4.22. The summed E-state index contributed by atoms with van der Waals surface area (Å²) >= 11 is 4.90. The number of hydrogen-bond acceptors (Lipinski definition) is 2. The van der Waals surface area contributed by atoms with E-state index >= 15 is 0 Å². The van der Waals surface area contributed by atoms with Crippen LogP contribution in [-0.4, -0.2) is 10.2 Å². The SMILES string of the molecule is Oc1c(NC(=S)Nc2ccccc2F)ccc(F)c1F. The maximum Gasteiger partial charge on any atom is 0.202 e. The van der Waals surface area contributed by atoms with Gasteiger partial charge in [-0.15, -0.1) is 0 Å². The van der Waals surface area contributed by atoms with Gasteiger partial charge in [-0.1, -0.05) is 12.1 Å². The van der Waals surface area contributed by atoms with Crippen molar-refractivity contribution >= 4 is 28.7 Å². The van der Waals surface area contributed by atoms with Gasteiger partial charge in [0.25, 0.3) is 0 Å². The molecule has 0 heterocycles. The van der Waals surface area contributed by atoms with E-state index in [1.807, 2.05) is 0 Å². The highest BCUT2D eigenvalue weighted by atomic mass is 32.1. The van der Waals surface area contributed by atoms with Crippen molar-refractivity contribution in [3.8, 4) is 5.75 Å². The summed E-state index contributed by atoms with van der Waals surface area (Å²) in [7, 11) is 0. The monoisotopic (exact) mass is 298 g/mol. The summed E-state index contributed by atoms with van der Waals surface area (Å²) in [5.41, 5.74) is -0.00943. The molecule has 0 fully saturated rings. The van der Waals surface area contributed by atoms with Crippen LogP contribution in [0.4, 0.5) is 24.5 Å². The summed E-state index contributed by atoms with van der Waals surface area (Å²) in [5, 5.41) is 14.3. The molecule has 0 saturated carbocycles. The van der Waals surface area contributed by atoms with Crippen LogP contribution in [0.5, 0.6) is 5.75 Å².